The van der Waals surface area contributed by atoms with Crippen molar-refractivity contribution in [2.75, 3.05) is 6.61 Å². The number of rotatable bonds is 6. The highest BCUT2D eigenvalue weighted by atomic mass is 16.5. The van der Waals surface area contributed by atoms with Crippen LogP contribution in [-0.2, 0) is 22.4 Å². The van der Waals surface area contributed by atoms with Crippen molar-refractivity contribution in [3.63, 3.8) is 0 Å². The Bertz CT molecular complexity index is 780. The number of carbonyl (C=O) groups excluding carboxylic acids is 1. The first-order chi connectivity index (χ1) is 11.2. The molecule has 4 nitrogen and oxygen atoms in total. The van der Waals surface area contributed by atoms with Crippen LogP contribution in [0.3, 0.4) is 0 Å². The number of fused-ring (bicyclic) bond motifs is 1. The Kier molecular flexibility index (Phi) is 4.74. The molecule has 0 amide bonds. The van der Waals surface area contributed by atoms with E-state index in [1.807, 2.05) is 60.8 Å². The van der Waals surface area contributed by atoms with Crippen molar-refractivity contribution in [2.45, 2.75) is 18.9 Å². The maximum absolute atomic E-state index is 12.0. The van der Waals surface area contributed by atoms with E-state index in [2.05, 4.69) is 4.98 Å². The van der Waals surface area contributed by atoms with Crippen LogP contribution >= 0.6 is 0 Å². The molecule has 0 radical (unpaired) electrons. The number of ether oxygens (including phenoxy) is 1. The number of aromatic nitrogens is 1. The molecule has 1 heterocycles. The Morgan fingerprint density at radius 2 is 1.83 bits per heavy atom. The van der Waals surface area contributed by atoms with Gasteiger partial charge in [-0.15, -0.1) is 0 Å². The summed E-state index contributed by atoms with van der Waals surface area (Å²) in [4.78, 5) is 15.2. The number of esters is 1. The summed E-state index contributed by atoms with van der Waals surface area (Å²) in [5, 5.41) is 1.10. The lowest BCUT2D eigenvalue weighted by Crippen LogP contribution is -2.34. The van der Waals surface area contributed by atoms with Gasteiger partial charge in [-0.2, -0.15) is 0 Å². The summed E-state index contributed by atoms with van der Waals surface area (Å²) in [5.74, 6) is -0.355. The summed E-state index contributed by atoms with van der Waals surface area (Å²) in [6.45, 7) is 0.352. The fourth-order valence-corrected chi connectivity index (χ4v) is 2.64. The average Bonchev–Trinajstić information content (AvgIpc) is 2.99. The Morgan fingerprint density at radius 1 is 1.09 bits per heavy atom. The first-order valence-electron chi connectivity index (χ1n) is 7.75. The van der Waals surface area contributed by atoms with Crippen LogP contribution in [0.15, 0.2) is 60.8 Å². The molecule has 4 heteroatoms. The smallest absolute Gasteiger partial charge is 0.323 e. The molecule has 0 fully saturated rings. The normalized spacial score (nSPS) is 12.2. The highest BCUT2D eigenvalue weighted by molar-refractivity contribution is 5.84. The number of nitrogens with two attached hydrogens (primary N) is 1. The SMILES string of the molecule is N[C@@H](Cc1c[nH]c2ccccc12)C(=O)OCCc1ccccc1. The standard InChI is InChI=1S/C19H20N2O2/c20-17(12-15-13-21-18-9-5-4-8-16(15)18)19(22)23-11-10-14-6-2-1-3-7-14/h1-9,13,17,21H,10-12,20H2/t17-/m0/s1. The van der Waals surface area contributed by atoms with Gasteiger partial charge in [0.05, 0.1) is 6.61 Å². The van der Waals surface area contributed by atoms with E-state index in [1.165, 1.54) is 0 Å². The molecule has 2 aromatic carbocycles. The van der Waals surface area contributed by atoms with Gasteiger partial charge in [0.25, 0.3) is 0 Å². The third kappa shape index (κ3) is 3.79. The quantitative estimate of drug-likeness (QED) is 0.688. The Morgan fingerprint density at radius 3 is 2.65 bits per heavy atom. The molecule has 0 aliphatic heterocycles. The van der Waals surface area contributed by atoms with Gasteiger partial charge < -0.3 is 15.5 Å². The van der Waals surface area contributed by atoms with Crippen molar-refractivity contribution in [2.24, 2.45) is 5.73 Å². The molecule has 3 rings (SSSR count). The second kappa shape index (κ2) is 7.11. The monoisotopic (exact) mass is 308 g/mol. The Hall–Kier alpha value is -2.59. The molecule has 0 aliphatic rings. The average molecular weight is 308 g/mol. The molecule has 0 saturated carbocycles. The lowest BCUT2D eigenvalue weighted by Gasteiger charge is -2.11. The lowest BCUT2D eigenvalue weighted by atomic mass is 10.1. The summed E-state index contributed by atoms with van der Waals surface area (Å²) >= 11 is 0. The molecule has 0 bridgehead atoms. The van der Waals surface area contributed by atoms with E-state index in [4.69, 9.17) is 10.5 Å². The first-order valence-corrected chi connectivity index (χ1v) is 7.75. The summed E-state index contributed by atoms with van der Waals surface area (Å²) < 4.78 is 5.29. The molecule has 1 aromatic heterocycles. The van der Waals surface area contributed by atoms with Crippen LogP contribution in [0.1, 0.15) is 11.1 Å². The zero-order valence-corrected chi connectivity index (χ0v) is 12.9. The van der Waals surface area contributed by atoms with E-state index in [0.717, 1.165) is 22.0 Å². The van der Waals surface area contributed by atoms with Crippen molar-refractivity contribution in [1.29, 1.82) is 0 Å². The van der Waals surface area contributed by atoms with Gasteiger partial charge in [0.2, 0.25) is 0 Å². The second-order valence-corrected chi connectivity index (χ2v) is 5.57. The molecule has 0 unspecified atom stereocenters. The third-order valence-electron chi connectivity index (χ3n) is 3.90. The van der Waals surface area contributed by atoms with E-state index >= 15 is 0 Å². The predicted molar refractivity (Wildman–Crippen MR) is 91.1 cm³/mol. The van der Waals surface area contributed by atoms with Crippen molar-refractivity contribution in [3.05, 3.63) is 71.9 Å². The van der Waals surface area contributed by atoms with Gasteiger partial charge in [-0.1, -0.05) is 48.5 Å². The van der Waals surface area contributed by atoms with E-state index in [0.29, 0.717) is 19.4 Å². The number of H-pyrrole nitrogens is 1. The van der Waals surface area contributed by atoms with Crippen LogP contribution in [-0.4, -0.2) is 23.6 Å². The van der Waals surface area contributed by atoms with Crippen LogP contribution < -0.4 is 5.73 Å². The van der Waals surface area contributed by atoms with Gasteiger partial charge in [0.1, 0.15) is 6.04 Å². The van der Waals surface area contributed by atoms with Gasteiger partial charge in [0, 0.05) is 29.9 Å². The van der Waals surface area contributed by atoms with Crippen LogP contribution in [0.4, 0.5) is 0 Å². The number of hydrogen-bond acceptors (Lipinski definition) is 3. The van der Waals surface area contributed by atoms with Gasteiger partial charge in [0.15, 0.2) is 0 Å². The zero-order chi connectivity index (χ0) is 16.1. The fraction of sp³-hybridized carbons (Fsp3) is 0.211. The molecule has 3 aromatic rings. The highest BCUT2D eigenvalue weighted by Gasteiger charge is 2.17. The number of nitrogens with one attached hydrogen (secondary N) is 1. The van der Waals surface area contributed by atoms with Crippen LogP contribution in [0.5, 0.6) is 0 Å². The van der Waals surface area contributed by atoms with Crippen LogP contribution in [0, 0.1) is 0 Å². The third-order valence-corrected chi connectivity index (χ3v) is 3.90. The van der Waals surface area contributed by atoms with E-state index < -0.39 is 6.04 Å². The van der Waals surface area contributed by atoms with Gasteiger partial charge in [-0.3, -0.25) is 4.79 Å². The van der Waals surface area contributed by atoms with Gasteiger partial charge in [-0.05, 0) is 17.2 Å². The Labute approximate surface area is 135 Å². The summed E-state index contributed by atoms with van der Waals surface area (Å²) in [6, 6.07) is 17.3. The van der Waals surface area contributed by atoms with E-state index in [-0.39, 0.29) is 5.97 Å². The minimum atomic E-state index is -0.648. The number of benzene rings is 2. The zero-order valence-electron chi connectivity index (χ0n) is 12.9. The largest absolute Gasteiger partial charge is 0.464 e. The molecule has 0 aliphatic carbocycles. The summed E-state index contributed by atoms with van der Waals surface area (Å²) in [6.07, 6.45) is 3.07. The molecule has 118 valence electrons. The van der Waals surface area contributed by atoms with E-state index in [9.17, 15) is 4.79 Å². The molecule has 1 atom stereocenters. The summed E-state index contributed by atoms with van der Waals surface area (Å²) in [7, 11) is 0. The predicted octanol–water partition coefficient (Wildman–Crippen LogP) is 2.82. The number of para-hydroxylation sites is 1. The molecule has 0 spiro atoms. The maximum Gasteiger partial charge on any atom is 0.323 e. The van der Waals surface area contributed by atoms with Crippen molar-refractivity contribution in [1.82, 2.24) is 4.98 Å². The molecule has 23 heavy (non-hydrogen) atoms. The van der Waals surface area contributed by atoms with Gasteiger partial charge in [-0.25, -0.2) is 0 Å². The van der Waals surface area contributed by atoms with Crippen LogP contribution in [0.2, 0.25) is 0 Å². The first kappa shape index (κ1) is 15.3. The van der Waals surface area contributed by atoms with Crippen molar-refractivity contribution < 1.29 is 9.53 Å². The molecular weight excluding hydrogens is 288 g/mol. The van der Waals surface area contributed by atoms with E-state index in [1.54, 1.807) is 0 Å². The number of carbonyl (C=O) groups is 1. The molecule has 3 N–H and O–H groups in total. The Balaban J connectivity index is 1.53. The number of aromatic amines is 1. The van der Waals surface area contributed by atoms with Crippen LogP contribution in [0.25, 0.3) is 10.9 Å². The number of hydrogen-bond donors (Lipinski definition) is 2. The van der Waals surface area contributed by atoms with Gasteiger partial charge >= 0.3 is 5.97 Å². The second-order valence-electron chi connectivity index (χ2n) is 5.57. The minimum Gasteiger partial charge on any atom is -0.464 e. The van der Waals surface area contributed by atoms with Crippen molar-refractivity contribution in [3.8, 4) is 0 Å². The topological polar surface area (TPSA) is 68.1 Å². The highest BCUT2D eigenvalue weighted by Crippen LogP contribution is 2.18. The van der Waals surface area contributed by atoms with Crippen molar-refractivity contribution >= 4 is 16.9 Å². The summed E-state index contributed by atoms with van der Waals surface area (Å²) in [5.41, 5.74) is 9.22. The minimum absolute atomic E-state index is 0.352. The fourth-order valence-electron chi connectivity index (χ4n) is 2.64. The lowest BCUT2D eigenvalue weighted by molar-refractivity contribution is -0.145. The maximum atomic E-state index is 12.0. The molecule has 0 saturated heterocycles. The molecular formula is C19H20N2O2.